The van der Waals surface area contributed by atoms with Crippen LogP contribution in [0.2, 0.25) is 0 Å². The van der Waals surface area contributed by atoms with Crippen LogP contribution in [0, 0.1) is 0 Å². The van der Waals surface area contributed by atoms with Crippen molar-refractivity contribution in [3.63, 3.8) is 0 Å². The predicted octanol–water partition coefficient (Wildman–Crippen LogP) is 4.04. The van der Waals surface area contributed by atoms with Crippen molar-refractivity contribution < 1.29 is 13.2 Å². The lowest BCUT2D eigenvalue weighted by molar-refractivity contribution is -0.137. The second-order valence-electron chi connectivity index (χ2n) is 4.65. The summed E-state index contributed by atoms with van der Waals surface area (Å²) in [5.41, 5.74) is 0.926. The SMILES string of the molecule is FC(F)(F)c1ccc(-c2nccc(C3CC3)n2)cc1. The Hall–Kier alpha value is -1.91. The smallest absolute Gasteiger partial charge is 0.237 e. The van der Waals surface area contributed by atoms with Crippen molar-refractivity contribution in [2.45, 2.75) is 24.9 Å². The molecule has 0 atom stereocenters. The molecule has 0 amide bonds. The summed E-state index contributed by atoms with van der Waals surface area (Å²) in [6, 6.07) is 6.81. The average Bonchev–Trinajstić information content (AvgIpc) is 3.22. The summed E-state index contributed by atoms with van der Waals surface area (Å²) in [4.78, 5) is 8.52. The van der Waals surface area contributed by atoms with Crippen LogP contribution in [0.5, 0.6) is 0 Å². The van der Waals surface area contributed by atoms with E-state index in [-0.39, 0.29) is 0 Å². The lowest BCUT2D eigenvalue weighted by Gasteiger charge is -2.07. The molecule has 0 saturated heterocycles. The summed E-state index contributed by atoms with van der Waals surface area (Å²) < 4.78 is 37.4. The van der Waals surface area contributed by atoms with Gasteiger partial charge < -0.3 is 0 Å². The molecular formula is C14H11F3N2. The van der Waals surface area contributed by atoms with E-state index in [1.54, 1.807) is 6.20 Å². The Labute approximate surface area is 108 Å². The normalized spacial score (nSPS) is 15.5. The van der Waals surface area contributed by atoms with Crippen molar-refractivity contribution in [3.8, 4) is 11.4 Å². The maximum absolute atomic E-state index is 12.5. The van der Waals surface area contributed by atoms with Gasteiger partial charge in [-0.2, -0.15) is 13.2 Å². The van der Waals surface area contributed by atoms with Crippen molar-refractivity contribution in [3.05, 3.63) is 47.8 Å². The molecule has 98 valence electrons. The van der Waals surface area contributed by atoms with Crippen LogP contribution < -0.4 is 0 Å². The van der Waals surface area contributed by atoms with Gasteiger partial charge in [-0.15, -0.1) is 0 Å². The molecule has 0 spiro atoms. The first kappa shape index (κ1) is 12.1. The number of benzene rings is 1. The van der Waals surface area contributed by atoms with Gasteiger partial charge in [0.1, 0.15) is 0 Å². The van der Waals surface area contributed by atoms with Crippen molar-refractivity contribution in [1.29, 1.82) is 0 Å². The maximum atomic E-state index is 12.5. The Morgan fingerprint density at radius 3 is 2.26 bits per heavy atom. The number of hydrogen-bond donors (Lipinski definition) is 0. The molecule has 2 nitrogen and oxygen atoms in total. The van der Waals surface area contributed by atoms with Crippen LogP contribution in [-0.4, -0.2) is 9.97 Å². The van der Waals surface area contributed by atoms with Gasteiger partial charge >= 0.3 is 6.18 Å². The highest BCUT2D eigenvalue weighted by Crippen LogP contribution is 2.39. The van der Waals surface area contributed by atoms with E-state index < -0.39 is 11.7 Å². The van der Waals surface area contributed by atoms with Gasteiger partial charge in [0.05, 0.1) is 5.56 Å². The van der Waals surface area contributed by atoms with Crippen LogP contribution >= 0.6 is 0 Å². The van der Waals surface area contributed by atoms with Gasteiger partial charge in [-0.25, -0.2) is 9.97 Å². The van der Waals surface area contributed by atoms with Crippen molar-refractivity contribution in [2.75, 3.05) is 0 Å². The zero-order valence-electron chi connectivity index (χ0n) is 9.98. The topological polar surface area (TPSA) is 25.8 Å². The van der Waals surface area contributed by atoms with Crippen molar-refractivity contribution in [2.24, 2.45) is 0 Å². The quantitative estimate of drug-likeness (QED) is 0.818. The molecule has 0 N–H and O–H groups in total. The third-order valence-corrected chi connectivity index (χ3v) is 3.14. The zero-order valence-corrected chi connectivity index (χ0v) is 9.98. The summed E-state index contributed by atoms with van der Waals surface area (Å²) >= 11 is 0. The van der Waals surface area contributed by atoms with Crippen LogP contribution in [0.25, 0.3) is 11.4 Å². The summed E-state index contributed by atoms with van der Waals surface area (Å²) in [6.07, 6.45) is -0.393. The van der Waals surface area contributed by atoms with Crippen molar-refractivity contribution >= 4 is 0 Å². The van der Waals surface area contributed by atoms with E-state index >= 15 is 0 Å². The molecule has 19 heavy (non-hydrogen) atoms. The minimum absolute atomic E-state index is 0.484. The molecule has 0 radical (unpaired) electrons. The third kappa shape index (κ3) is 2.59. The Bertz CT molecular complexity index is 586. The first-order chi connectivity index (χ1) is 9.04. The van der Waals surface area contributed by atoms with Crippen LogP contribution in [0.4, 0.5) is 13.2 Å². The molecular weight excluding hydrogens is 253 g/mol. The third-order valence-electron chi connectivity index (χ3n) is 3.14. The van der Waals surface area contributed by atoms with Gasteiger partial charge in [0.25, 0.3) is 0 Å². The first-order valence-corrected chi connectivity index (χ1v) is 6.04. The van der Waals surface area contributed by atoms with Crippen LogP contribution in [0.15, 0.2) is 36.5 Å². The lowest BCUT2D eigenvalue weighted by atomic mass is 10.1. The largest absolute Gasteiger partial charge is 0.416 e. The second kappa shape index (κ2) is 4.33. The second-order valence-corrected chi connectivity index (χ2v) is 4.65. The molecule has 5 heteroatoms. The number of hydrogen-bond acceptors (Lipinski definition) is 2. The molecule has 1 fully saturated rings. The molecule has 0 bridgehead atoms. The van der Waals surface area contributed by atoms with E-state index in [1.807, 2.05) is 6.07 Å². The molecule has 1 aromatic carbocycles. The molecule has 0 aliphatic heterocycles. The van der Waals surface area contributed by atoms with Gasteiger partial charge in [-0.1, -0.05) is 12.1 Å². The fourth-order valence-corrected chi connectivity index (χ4v) is 1.93. The van der Waals surface area contributed by atoms with Gasteiger partial charge in [0.15, 0.2) is 5.82 Å². The molecule has 2 aromatic rings. The summed E-state index contributed by atoms with van der Waals surface area (Å²) in [5, 5.41) is 0. The number of rotatable bonds is 2. The first-order valence-electron chi connectivity index (χ1n) is 6.04. The summed E-state index contributed by atoms with van der Waals surface area (Å²) in [5.74, 6) is 0.981. The highest BCUT2D eigenvalue weighted by molar-refractivity contribution is 5.55. The van der Waals surface area contributed by atoms with E-state index in [1.165, 1.54) is 12.1 Å². The highest BCUT2D eigenvalue weighted by Gasteiger charge is 2.30. The number of nitrogens with zero attached hydrogens (tertiary/aromatic N) is 2. The maximum Gasteiger partial charge on any atom is 0.416 e. The number of alkyl halides is 3. The van der Waals surface area contributed by atoms with E-state index in [0.29, 0.717) is 17.3 Å². The predicted molar refractivity (Wildman–Crippen MR) is 64.4 cm³/mol. The van der Waals surface area contributed by atoms with Gasteiger partial charge in [-0.3, -0.25) is 0 Å². The fraction of sp³-hybridized carbons (Fsp3) is 0.286. The summed E-state index contributed by atoms with van der Waals surface area (Å²) in [6.45, 7) is 0. The Kier molecular flexibility index (Phi) is 2.77. The van der Waals surface area contributed by atoms with E-state index in [9.17, 15) is 13.2 Å². The van der Waals surface area contributed by atoms with Crippen LogP contribution in [-0.2, 0) is 6.18 Å². The standard InChI is InChI=1S/C14H11F3N2/c15-14(16,17)11-5-3-10(4-6-11)13-18-8-7-12(19-13)9-1-2-9/h3-9H,1-2H2. The van der Waals surface area contributed by atoms with E-state index in [4.69, 9.17) is 0 Å². The highest BCUT2D eigenvalue weighted by atomic mass is 19.4. The monoisotopic (exact) mass is 264 g/mol. The summed E-state index contributed by atoms with van der Waals surface area (Å²) in [7, 11) is 0. The molecule has 3 rings (SSSR count). The van der Waals surface area contributed by atoms with Crippen LogP contribution in [0.1, 0.15) is 30.0 Å². The minimum Gasteiger partial charge on any atom is -0.237 e. The fourth-order valence-electron chi connectivity index (χ4n) is 1.93. The molecule has 1 aliphatic carbocycles. The molecule has 0 unspecified atom stereocenters. The van der Waals surface area contributed by atoms with Gasteiger partial charge in [0, 0.05) is 23.4 Å². The molecule has 1 aromatic heterocycles. The average molecular weight is 264 g/mol. The van der Waals surface area contributed by atoms with E-state index in [2.05, 4.69) is 9.97 Å². The Morgan fingerprint density at radius 2 is 1.68 bits per heavy atom. The van der Waals surface area contributed by atoms with E-state index in [0.717, 1.165) is 30.7 Å². The van der Waals surface area contributed by atoms with Gasteiger partial charge in [0.2, 0.25) is 0 Å². The molecule has 1 heterocycles. The zero-order chi connectivity index (χ0) is 13.5. The minimum atomic E-state index is -4.31. The molecule has 1 saturated carbocycles. The van der Waals surface area contributed by atoms with Gasteiger partial charge in [-0.05, 0) is 31.0 Å². The van der Waals surface area contributed by atoms with Crippen LogP contribution in [0.3, 0.4) is 0 Å². The Morgan fingerprint density at radius 1 is 1.00 bits per heavy atom. The number of halogens is 3. The lowest BCUT2D eigenvalue weighted by Crippen LogP contribution is -2.04. The Balaban J connectivity index is 1.91. The van der Waals surface area contributed by atoms with Crippen molar-refractivity contribution in [1.82, 2.24) is 9.97 Å². The molecule has 1 aliphatic rings. The number of aromatic nitrogens is 2.